The number of hydrogen-bond donors (Lipinski definition) is 1. The van der Waals surface area contributed by atoms with Crippen molar-refractivity contribution in [2.24, 2.45) is 0 Å². The molecule has 0 atom stereocenters. The Morgan fingerprint density at radius 1 is 1.00 bits per heavy atom. The number of rotatable bonds is 7. The van der Waals surface area contributed by atoms with Gasteiger partial charge in [-0.25, -0.2) is 9.78 Å². The van der Waals surface area contributed by atoms with Crippen LogP contribution < -0.4 is 19.7 Å². The molecule has 1 heterocycles. The average Bonchev–Trinajstić information content (AvgIpc) is 2.78. The van der Waals surface area contributed by atoms with E-state index in [1.807, 2.05) is 0 Å². The van der Waals surface area contributed by atoms with Gasteiger partial charge >= 0.3 is 12.3 Å². The van der Waals surface area contributed by atoms with Crippen LogP contribution in [0.15, 0.2) is 60.8 Å². The van der Waals surface area contributed by atoms with Gasteiger partial charge in [-0.2, -0.15) is 0 Å². The van der Waals surface area contributed by atoms with Gasteiger partial charge in [-0.3, -0.25) is 0 Å². The molecule has 3 aromatic rings. The highest BCUT2D eigenvalue weighted by Gasteiger charge is 2.31. The van der Waals surface area contributed by atoms with Gasteiger partial charge in [0.1, 0.15) is 17.3 Å². The molecule has 0 unspecified atom stereocenters. The van der Waals surface area contributed by atoms with Crippen LogP contribution >= 0.6 is 0 Å². The van der Waals surface area contributed by atoms with Gasteiger partial charge in [0.15, 0.2) is 0 Å². The molecule has 0 aliphatic heterocycles. The number of ether oxygens (including phenoxy) is 3. The second-order valence-electron chi connectivity index (χ2n) is 6.53. The van der Waals surface area contributed by atoms with Crippen molar-refractivity contribution in [2.75, 3.05) is 31.5 Å². The Morgan fingerprint density at radius 3 is 2.25 bits per heavy atom. The number of pyridine rings is 1. The van der Waals surface area contributed by atoms with Crippen LogP contribution in [0.1, 0.15) is 10.4 Å². The molecule has 0 saturated carbocycles. The van der Waals surface area contributed by atoms with Crippen molar-refractivity contribution in [3.05, 3.63) is 66.4 Å². The van der Waals surface area contributed by atoms with E-state index in [1.165, 1.54) is 38.5 Å². The maximum atomic E-state index is 12.3. The van der Waals surface area contributed by atoms with Gasteiger partial charge in [0, 0.05) is 12.7 Å². The van der Waals surface area contributed by atoms with Gasteiger partial charge in [-0.1, -0.05) is 0 Å². The molecule has 0 bridgehead atoms. The van der Waals surface area contributed by atoms with Gasteiger partial charge in [-0.15, -0.1) is 13.2 Å². The lowest BCUT2D eigenvalue weighted by Gasteiger charge is -2.19. The van der Waals surface area contributed by atoms with Crippen molar-refractivity contribution in [3.63, 3.8) is 0 Å². The van der Waals surface area contributed by atoms with Crippen molar-refractivity contribution in [2.45, 2.75) is 6.36 Å². The molecule has 32 heavy (non-hydrogen) atoms. The van der Waals surface area contributed by atoms with E-state index in [0.717, 1.165) is 0 Å². The molecular formula is C22H20F3N3O4. The van der Waals surface area contributed by atoms with Gasteiger partial charge in [-0.05, 0) is 54.6 Å². The Hall–Kier alpha value is -3.95. The largest absolute Gasteiger partial charge is 0.573 e. The first-order valence-corrected chi connectivity index (χ1v) is 9.29. The summed E-state index contributed by atoms with van der Waals surface area (Å²) in [5, 5.41) is 3.11. The minimum atomic E-state index is -4.74. The van der Waals surface area contributed by atoms with Crippen molar-refractivity contribution >= 4 is 28.8 Å². The smallest absolute Gasteiger partial charge is 0.497 e. The lowest BCUT2D eigenvalue weighted by molar-refractivity contribution is -0.274. The molecule has 168 valence electrons. The molecule has 3 rings (SSSR count). The molecule has 0 radical (unpaired) electrons. The Bertz CT molecular complexity index is 1070. The molecule has 0 aliphatic carbocycles. The van der Waals surface area contributed by atoms with Crippen LogP contribution in [0.3, 0.4) is 0 Å². The van der Waals surface area contributed by atoms with Gasteiger partial charge in [0.05, 0.1) is 37.4 Å². The highest BCUT2D eigenvalue weighted by Crippen LogP contribution is 2.29. The molecular weight excluding hydrogens is 427 g/mol. The third-order valence-corrected chi connectivity index (χ3v) is 4.46. The highest BCUT2D eigenvalue weighted by molar-refractivity contribution is 5.97. The maximum Gasteiger partial charge on any atom is 0.573 e. The fraction of sp³-hybridized carbons (Fsp3) is 0.182. The first kappa shape index (κ1) is 22.7. The standard InChI is InChI=1S/C22H20F3N3O4/c1-28(15-5-7-16(8-6-15)32-22(23,24)25)20-11-4-14(13-26-20)27-19-10-9-17(30-2)12-18(19)21(29)31-3/h4-13,27H,1-3H3. The van der Waals surface area contributed by atoms with Crippen molar-refractivity contribution < 1.29 is 32.2 Å². The van der Waals surface area contributed by atoms with Crippen LogP contribution in [0.5, 0.6) is 11.5 Å². The fourth-order valence-electron chi connectivity index (χ4n) is 2.86. The van der Waals surface area contributed by atoms with E-state index in [0.29, 0.717) is 34.2 Å². The predicted octanol–water partition coefficient (Wildman–Crippen LogP) is 5.29. The maximum absolute atomic E-state index is 12.3. The first-order valence-electron chi connectivity index (χ1n) is 9.29. The number of nitrogens with zero attached hydrogens (tertiary/aromatic N) is 2. The Morgan fingerprint density at radius 2 is 1.69 bits per heavy atom. The van der Waals surface area contributed by atoms with Crippen LogP contribution in [0, 0.1) is 0 Å². The third-order valence-electron chi connectivity index (χ3n) is 4.46. The number of carbonyl (C=O) groups excluding carboxylic acids is 1. The molecule has 0 aliphatic rings. The normalized spacial score (nSPS) is 10.9. The Labute approximate surface area is 182 Å². The van der Waals surface area contributed by atoms with E-state index in [9.17, 15) is 18.0 Å². The van der Waals surface area contributed by atoms with Gasteiger partial charge in [0.2, 0.25) is 0 Å². The van der Waals surface area contributed by atoms with Gasteiger partial charge < -0.3 is 24.4 Å². The number of anilines is 4. The average molecular weight is 447 g/mol. The molecule has 0 fully saturated rings. The SMILES string of the molecule is COC(=O)c1cc(OC)ccc1Nc1ccc(N(C)c2ccc(OC(F)(F)F)cc2)nc1. The van der Waals surface area contributed by atoms with Crippen LogP contribution in [0.25, 0.3) is 0 Å². The molecule has 1 aromatic heterocycles. The first-order chi connectivity index (χ1) is 15.2. The van der Waals surface area contributed by atoms with Crippen molar-refractivity contribution in [1.29, 1.82) is 0 Å². The zero-order valence-corrected chi connectivity index (χ0v) is 17.4. The third kappa shape index (κ3) is 5.60. The monoisotopic (exact) mass is 447 g/mol. The second kappa shape index (κ2) is 9.46. The van der Waals surface area contributed by atoms with E-state index < -0.39 is 12.3 Å². The number of alkyl halides is 3. The van der Waals surface area contributed by atoms with E-state index >= 15 is 0 Å². The summed E-state index contributed by atoms with van der Waals surface area (Å²) in [7, 11) is 4.52. The summed E-state index contributed by atoms with van der Waals surface area (Å²) in [6.45, 7) is 0. The van der Waals surface area contributed by atoms with E-state index in [4.69, 9.17) is 9.47 Å². The summed E-state index contributed by atoms with van der Waals surface area (Å²) in [6, 6.07) is 13.9. The molecule has 0 amide bonds. The molecule has 7 nitrogen and oxygen atoms in total. The number of methoxy groups -OCH3 is 2. The quantitative estimate of drug-likeness (QED) is 0.494. The summed E-state index contributed by atoms with van der Waals surface area (Å²) in [6.07, 6.45) is -3.17. The minimum absolute atomic E-state index is 0.300. The molecule has 0 saturated heterocycles. The number of benzene rings is 2. The molecule has 1 N–H and O–H groups in total. The minimum Gasteiger partial charge on any atom is -0.497 e. The number of halogens is 3. The molecule has 10 heteroatoms. The lowest BCUT2D eigenvalue weighted by atomic mass is 10.1. The summed E-state index contributed by atoms with van der Waals surface area (Å²) in [4.78, 5) is 18.2. The van der Waals surface area contributed by atoms with E-state index in [-0.39, 0.29) is 5.75 Å². The fourth-order valence-corrected chi connectivity index (χ4v) is 2.86. The predicted molar refractivity (Wildman–Crippen MR) is 113 cm³/mol. The number of esters is 1. The number of nitrogens with one attached hydrogen (secondary N) is 1. The number of carbonyl (C=O) groups is 1. The Balaban J connectivity index is 1.75. The summed E-state index contributed by atoms with van der Waals surface area (Å²) >= 11 is 0. The summed E-state index contributed by atoms with van der Waals surface area (Å²) < 4.78 is 50.8. The van der Waals surface area contributed by atoms with Crippen molar-refractivity contribution in [3.8, 4) is 11.5 Å². The second-order valence-corrected chi connectivity index (χ2v) is 6.53. The summed E-state index contributed by atoms with van der Waals surface area (Å²) in [5.41, 5.74) is 2.05. The summed E-state index contributed by atoms with van der Waals surface area (Å²) in [5.74, 6) is 0.248. The van der Waals surface area contributed by atoms with Crippen molar-refractivity contribution in [1.82, 2.24) is 4.98 Å². The highest BCUT2D eigenvalue weighted by atomic mass is 19.4. The topological polar surface area (TPSA) is 72.9 Å². The number of aromatic nitrogens is 1. The van der Waals surface area contributed by atoms with Crippen LogP contribution in [-0.4, -0.2) is 38.6 Å². The lowest BCUT2D eigenvalue weighted by Crippen LogP contribution is -2.17. The zero-order valence-electron chi connectivity index (χ0n) is 17.4. The van der Waals surface area contributed by atoms with Crippen LogP contribution in [-0.2, 0) is 4.74 Å². The van der Waals surface area contributed by atoms with E-state index in [2.05, 4.69) is 15.0 Å². The number of hydrogen-bond acceptors (Lipinski definition) is 7. The van der Waals surface area contributed by atoms with Crippen LogP contribution in [0.4, 0.5) is 36.1 Å². The van der Waals surface area contributed by atoms with E-state index in [1.54, 1.807) is 48.5 Å². The molecule has 2 aromatic carbocycles. The van der Waals surface area contributed by atoms with Gasteiger partial charge in [0.25, 0.3) is 0 Å². The Kier molecular flexibility index (Phi) is 6.72. The molecule has 0 spiro atoms. The zero-order chi connectivity index (χ0) is 23.3. The van der Waals surface area contributed by atoms with Crippen LogP contribution in [0.2, 0.25) is 0 Å².